The Morgan fingerprint density at radius 2 is 2.15 bits per heavy atom. The summed E-state index contributed by atoms with van der Waals surface area (Å²) in [6.45, 7) is 4.23. The number of ether oxygens (including phenoxy) is 1. The third kappa shape index (κ3) is 3.12. The van der Waals surface area contributed by atoms with Gasteiger partial charge in [-0.2, -0.15) is 0 Å². The summed E-state index contributed by atoms with van der Waals surface area (Å²) in [5.74, 6) is -0.0168. The van der Waals surface area contributed by atoms with Gasteiger partial charge in [0, 0.05) is 11.4 Å². The molecular formula is C15H18ClNO3. The number of rotatable bonds is 4. The summed E-state index contributed by atoms with van der Waals surface area (Å²) in [5.41, 5.74) is 0.913. The molecule has 1 saturated heterocycles. The van der Waals surface area contributed by atoms with Crippen molar-refractivity contribution in [1.82, 2.24) is 4.90 Å². The van der Waals surface area contributed by atoms with Crippen LogP contribution in [0.25, 0.3) is 0 Å². The lowest BCUT2D eigenvalue weighted by Gasteiger charge is -2.22. The third-order valence-corrected chi connectivity index (χ3v) is 3.88. The van der Waals surface area contributed by atoms with Crippen molar-refractivity contribution < 1.29 is 14.3 Å². The Morgan fingerprint density at radius 3 is 2.80 bits per heavy atom. The fraction of sp³-hybridized carbons (Fsp3) is 0.467. The Labute approximate surface area is 123 Å². The van der Waals surface area contributed by atoms with Gasteiger partial charge in [-0.3, -0.25) is 4.79 Å². The minimum Gasteiger partial charge on any atom is -0.447 e. The smallest absolute Gasteiger partial charge is 0.416 e. The lowest BCUT2D eigenvalue weighted by Crippen LogP contribution is -2.41. The molecule has 0 aliphatic carbocycles. The van der Waals surface area contributed by atoms with Crippen molar-refractivity contribution in [3.8, 4) is 0 Å². The van der Waals surface area contributed by atoms with Gasteiger partial charge in [0.15, 0.2) is 0 Å². The first-order valence-electron chi connectivity index (χ1n) is 6.73. The number of hydrogen-bond acceptors (Lipinski definition) is 3. The standard InChI is InChI=1S/C15H18ClNO3/c1-10(2)13-9-20-15(19)17(13)14(18)8-7-11-5-3-4-6-12(11)16/h3-6,10,13H,7-9H2,1-2H3/t13-/m0/s1. The average Bonchev–Trinajstić information content (AvgIpc) is 2.79. The van der Waals surface area contributed by atoms with Gasteiger partial charge >= 0.3 is 6.09 Å². The van der Waals surface area contributed by atoms with E-state index in [-0.39, 0.29) is 30.9 Å². The molecule has 2 rings (SSSR count). The van der Waals surface area contributed by atoms with E-state index in [0.29, 0.717) is 11.4 Å². The maximum Gasteiger partial charge on any atom is 0.416 e. The van der Waals surface area contributed by atoms with Crippen molar-refractivity contribution in [2.45, 2.75) is 32.7 Å². The van der Waals surface area contributed by atoms with Gasteiger partial charge in [-0.15, -0.1) is 0 Å². The molecule has 1 aromatic rings. The fourth-order valence-corrected chi connectivity index (χ4v) is 2.51. The number of amides is 2. The zero-order valence-electron chi connectivity index (χ0n) is 11.6. The second-order valence-electron chi connectivity index (χ2n) is 5.24. The first kappa shape index (κ1) is 14.9. The molecule has 1 aliphatic heterocycles. The molecule has 1 heterocycles. The molecule has 1 aliphatic rings. The van der Waals surface area contributed by atoms with Crippen LogP contribution in [0.5, 0.6) is 0 Å². The molecule has 0 bridgehead atoms. The summed E-state index contributed by atoms with van der Waals surface area (Å²) in [6, 6.07) is 7.24. The molecule has 0 aromatic heterocycles. The molecule has 4 nitrogen and oxygen atoms in total. The summed E-state index contributed by atoms with van der Waals surface area (Å²) in [5, 5.41) is 0.643. The Hall–Kier alpha value is -1.55. The van der Waals surface area contributed by atoms with Gasteiger partial charge in [0.2, 0.25) is 5.91 Å². The molecule has 5 heteroatoms. The van der Waals surface area contributed by atoms with Crippen molar-refractivity contribution in [3.05, 3.63) is 34.9 Å². The quantitative estimate of drug-likeness (QED) is 0.856. The van der Waals surface area contributed by atoms with Crippen LogP contribution >= 0.6 is 11.6 Å². The Balaban J connectivity index is 2.01. The van der Waals surface area contributed by atoms with Crippen LogP contribution in [-0.4, -0.2) is 29.5 Å². The van der Waals surface area contributed by atoms with Crippen LogP contribution in [0.3, 0.4) is 0 Å². The van der Waals surface area contributed by atoms with Crippen molar-refractivity contribution in [2.75, 3.05) is 6.61 Å². The molecule has 0 spiro atoms. The van der Waals surface area contributed by atoms with Crippen LogP contribution in [0.2, 0.25) is 5.02 Å². The van der Waals surface area contributed by atoms with E-state index in [2.05, 4.69) is 0 Å². The molecular weight excluding hydrogens is 278 g/mol. The molecule has 1 atom stereocenters. The first-order valence-corrected chi connectivity index (χ1v) is 7.10. The predicted molar refractivity (Wildman–Crippen MR) is 76.6 cm³/mol. The normalized spacial score (nSPS) is 18.5. The zero-order chi connectivity index (χ0) is 14.7. The number of nitrogens with zero attached hydrogens (tertiary/aromatic N) is 1. The van der Waals surface area contributed by atoms with E-state index in [1.807, 2.05) is 32.0 Å². The highest BCUT2D eigenvalue weighted by molar-refractivity contribution is 6.31. The van der Waals surface area contributed by atoms with E-state index < -0.39 is 6.09 Å². The number of carbonyl (C=O) groups is 2. The highest BCUT2D eigenvalue weighted by Gasteiger charge is 2.39. The van der Waals surface area contributed by atoms with E-state index in [0.717, 1.165) is 5.56 Å². The second-order valence-corrected chi connectivity index (χ2v) is 5.65. The minimum absolute atomic E-state index is 0.166. The lowest BCUT2D eigenvalue weighted by atomic mass is 10.0. The number of cyclic esters (lactones) is 1. The summed E-state index contributed by atoms with van der Waals surface area (Å²) >= 11 is 6.06. The molecule has 2 amide bonds. The number of aryl methyl sites for hydroxylation is 1. The Bertz CT molecular complexity index is 516. The predicted octanol–water partition coefficient (Wildman–Crippen LogP) is 3.28. The maximum absolute atomic E-state index is 12.2. The van der Waals surface area contributed by atoms with E-state index in [1.54, 1.807) is 6.07 Å². The zero-order valence-corrected chi connectivity index (χ0v) is 12.4. The average molecular weight is 296 g/mol. The van der Waals surface area contributed by atoms with Crippen molar-refractivity contribution in [1.29, 1.82) is 0 Å². The van der Waals surface area contributed by atoms with Gasteiger partial charge in [0.1, 0.15) is 6.61 Å². The maximum atomic E-state index is 12.2. The number of imide groups is 1. The van der Waals surface area contributed by atoms with Gasteiger partial charge in [-0.25, -0.2) is 9.69 Å². The SMILES string of the molecule is CC(C)[C@@H]1COC(=O)N1C(=O)CCc1ccccc1Cl. The first-order chi connectivity index (χ1) is 9.50. The third-order valence-electron chi connectivity index (χ3n) is 3.51. The molecule has 108 valence electrons. The van der Waals surface area contributed by atoms with Gasteiger partial charge in [-0.1, -0.05) is 43.6 Å². The van der Waals surface area contributed by atoms with Gasteiger partial charge < -0.3 is 4.74 Å². The van der Waals surface area contributed by atoms with Crippen LogP contribution in [0, 0.1) is 5.92 Å². The van der Waals surface area contributed by atoms with Gasteiger partial charge in [0.05, 0.1) is 6.04 Å². The summed E-state index contributed by atoms with van der Waals surface area (Å²) < 4.78 is 4.98. The molecule has 0 saturated carbocycles. The van der Waals surface area contributed by atoms with Crippen LogP contribution in [0.1, 0.15) is 25.8 Å². The summed E-state index contributed by atoms with van der Waals surface area (Å²) in [4.78, 5) is 25.2. The number of carbonyl (C=O) groups excluding carboxylic acids is 2. The van der Waals surface area contributed by atoms with Crippen LogP contribution in [0.4, 0.5) is 4.79 Å². The molecule has 0 radical (unpaired) electrons. The summed E-state index contributed by atoms with van der Waals surface area (Å²) in [7, 11) is 0. The van der Waals surface area contributed by atoms with Crippen LogP contribution in [-0.2, 0) is 16.0 Å². The Morgan fingerprint density at radius 1 is 1.45 bits per heavy atom. The fourth-order valence-electron chi connectivity index (χ4n) is 2.28. The molecule has 1 fully saturated rings. The van der Waals surface area contributed by atoms with Gasteiger partial charge in [-0.05, 0) is 24.0 Å². The van der Waals surface area contributed by atoms with Crippen molar-refractivity contribution in [2.24, 2.45) is 5.92 Å². The largest absolute Gasteiger partial charge is 0.447 e. The molecule has 1 aromatic carbocycles. The molecule has 0 unspecified atom stereocenters. The van der Waals surface area contributed by atoms with E-state index >= 15 is 0 Å². The second kappa shape index (κ2) is 6.27. The van der Waals surface area contributed by atoms with E-state index in [1.165, 1.54) is 4.90 Å². The topological polar surface area (TPSA) is 46.6 Å². The van der Waals surface area contributed by atoms with Crippen molar-refractivity contribution in [3.63, 3.8) is 0 Å². The highest BCUT2D eigenvalue weighted by atomic mass is 35.5. The highest BCUT2D eigenvalue weighted by Crippen LogP contribution is 2.22. The summed E-state index contributed by atoms with van der Waals surface area (Å²) in [6.07, 6.45) is 0.239. The van der Waals surface area contributed by atoms with Crippen LogP contribution in [0.15, 0.2) is 24.3 Å². The van der Waals surface area contributed by atoms with E-state index in [4.69, 9.17) is 16.3 Å². The minimum atomic E-state index is -0.534. The van der Waals surface area contributed by atoms with E-state index in [9.17, 15) is 9.59 Å². The lowest BCUT2D eigenvalue weighted by molar-refractivity contribution is -0.129. The van der Waals surface area contributed by atoms with Gasteiger partial charge in [0.25, 0.3) is 0 Å². The number of benzene rings is 1. The number of hydrogen-bond donors (Lipinski definition) is 0. The molecule has 20 heavy (non-hydrogen) atoms. The van der Waals surface area contributed by atoms with Crippen LogP contribution < -0.4 is 0 Å². The number of halogens is 1. The Kier molecular flexibility index (Phi) is 4.65. The monoisotopic (exact) mass is 295 g/mol. The molecule has 0 N–H and O–H groups in total. The van der Waals surface area contributed by atoms with Crippen molar-refractivity contribution >= 4 is 23.6 Å².